The summed E-state index contributed by atoms with van der Waals surface area (Å²) in [7, 11) is 0. The Morgan fingerprint density at radius 3 is 2.47 bits per heavy atom. The van der Waals surface area contributed by atoms with Crippen molar-refractivity contribution >= 4 is 22.9 Å². The number of pyridine rings is 2. The van der Waals surface area contributed by atoms with Crippen LogP contribution < -0.4 is 5.56 Å². The molecule has 4 rings (SSSR count). The summed E-state index contributed by atoms with van der Waals surface area (Å²) in [6, 6.07) is 11.5. The van der Waals surface area contributed by atoms with E-state index in [0.29, 0.717) is 19.0 Å². The summed E-state index contributed by atoms with van der Waals surface area (Å²) in [5.74, 6) is -2.29. The van der Waals surface area contributed by atoms with Gasteiger partial charge in [-0.1, -0.05) is 30.3 Å². The van der Waals surface area contributed by atoms with Gasteiger partial charge in [-0.25, -0.2) is 9.78 Å². The number of rotatable bonds is 5. The molecule has 1 saturated heterocycles. The average molecular weight is 437 g/mol. The number of likely N-dealkylation sites (tertiary alicyclic amines) is 1. The fourth-order valence-corrected chi connectivity index (χ4v) is 4.17. The molecule has 2 aromatic heterocycles. The number of aromatic hydroxyl groups is 1. The summed E-state index contributed by atoms with van der Waals surface area (Å²) < 4.78 is 0.0605. The Balaban J connectivity index is 1.48. The molecule has 0 atom stereocenters. The lowest BCUT2D eigenvalue weighted by atomic mass is 9.90. The summed E-state index contributed by atoms with van der Waals surface area (Å²) in [6.07, 6.45) is 5.03. The van der Waals surface area contributed by atoms with Crippen molar-refractivity contribution in [1.82, 2.24) is 14.6 Å². The van der Waals surface area contributed by atoms with Gasteiger partial charge >= 0.3 is 11.5 Å². The molecule has 0 radical (unpaired) electrons. The molecule has 32 heavy (non-hydrogen) atoms. The van der Waals surface area contributed by atoms with Crippen LogP contribution >= 0.6 is 0 Å². The maximum Gasteiger partial charge on any atom is 0.345 e. The molecule has 0 unspecified atom stereocenters. The van der Waals surface area contributed by atoms with Gasteiger partial charge in [-0.3, -0.25) is 9.59 Å². The fourth-order valence-electron chi connectivity index (χ4n) is 4.17. The molecule has 9 nitrogen and oxygen atoms in total. The molecule has 1 aliphatic rings. The minimum atomic E-state index is -1.69. The first-order valence-corrected chi connectivity index (χ1v) is 10.4. The van der Waals surface area contributed by atoms with E-state index < -0.39 is 22.8 Å². The monoisotopic (exact) mass is 437 g/mol. The Morgan fingerprint density at radius 1 is 1.12 bits per heavy atom. The van der Waals surface area contributed by atoms with Gasteiger partial charge in [0.25, 0.3) is 5.91 Å². The van der Waals surface area contributed by atoms with E-state index in [1.165, 1.54) is 17.8 Å². The van der Waals surface area contributed by atoms with Gasteiger partial charge in [0.1, 0.15) is 5.75 Å². The number of nitrogens with zero attached hydrogens (tertiary/aromatic N) is 3. The number of aromatic nitrogens is 2. The molecule has 0 bridgehead atoms. The van der Waals surface area contributed by atoms with E-state index in [4.69, 9.17) is 0 Å². The summed E-state index contributed by atoms with van der Waals surface area (Å²) >= 11 is 0. The van der Waals surface area contributed by atoms with Crippen LogP contribution in [-0.4, -0.2) is 55.0 Å². The largest absolute Gasteiger partial charge is 0.506 e. The number of carboxylic acid groups (broad SMARTS) is 1. The van der Waals surface area contributed by atoms with E-state index in [0.717, 1.165) is 25.7 Å². The van der Waals surface area contributed by atoms with Crippen LogP contribution in [0.5, 0.6) is 5.75 Å². The second-order valence-corrected chi connectivity index (χ2v) is 8.00. The normalized spacial score (nSPS) is 14.6. The maximum absolute atomic E-state index is 13.0. The van der Waals surface area contributed by atoms with Gasteiger partial charge < -0.3 is 20.3 Å². The maximum atomic E-state index is 13.0. The van der Waals surface area contributed by atoms with Crippen LogP contribution in [-0.2, 0) is 6.42 Å². The Hall–Kier alpha value is -3.88. The van der Waals surface area contributed by atoms with E-state index >= 15 is 0 Å². The van der Waals surface area contributed by atoms with E-state index in [1.807, 2.05) is 18.2 Å². The number of fused-ring (bicyclic) bond motifs is 1. The number of amides is 1. The number of hydrogen-bond donors (Lipinski definition) is 3. The zero-order valence-electron chi connectivity index (χ0n) is 17.3. The first kappa shape index (κ1) is 21.4. The molecule has 3 heterocycles. The number of aryl methyl sites for hydroxylation is 1. The summed E-state index contributed by atoms with van der Waals surface area (Å²) in [6.45, 7) is 1.17. The van der Waals surface area contributed by atoms with Crippen LogP contribution in [0.2, 0.25) is 0 Å². The van der Waals surface area contributed by atoms with Crippen LogP contribution in [0.1, 0.15) is 45.5 Å². The Kier molecular flexibility index (Phi) is 5.81. The molecular formula is C23H23N3O6. The number of carboxylic acids is 1. The van der Waals surface area contributed by atoms with E-state index in [-0.39, 0.29) is 27.2 Å². The molecule has 1 fully saturated rings. The molecule has 0 aliphatic carbocycles. The minimum absolute atomic E-state index is 0.0605. The van der Waals surface area contributed by atoms with E-state index in [9.17, 15) is 29.8 Å². The van der Waals surface area contributed by atoms with Gasteiger partial charge in [0.15, 0.2) is 11.2 Å². The molecule has 1 amide bonds. The van der Waals surface area contributed by atoms with Crippen LogP contribution in [0.4, 0.5) is 0 Å². The number of carbonyl (C=O) groups is 2. The number of piperidine rings is 1. The minimum Gasteiger partial charge on any atom is -0.506 e. The zero-order chi connectivity index (χ0) is 22.8. The first-order valence-electron chi connectivity index (χ1n) is 10.4. The van der Waals surface area contributed by atoms with Crippen molar-refractivity contribution in [3.05, 3.63) is 69.6 Å². The van der Waals surface area contributed by atoms with Crippen molar-refractivity contribution in [3.63, 3.8) is 0 Å². The summed E-state index contributed by atoms with van der Waals surface area (Å²) in [5.41, 5.74) is -1.16. The lowest BCUT2D eigenvalue weighted by Gasteiger charge is -2.32. The Morgan fingerprint density at radius 2 is 1.81 bits per heavy atom. The highest BCUT2D eigenvalue weighted by atomic mass is 16.5. The van der Waals surface area contributed by atoms with Gasteiger partial charge in [-0.2, -0.15) is 0 Å². The van der Waals surface area contributed by atoms with Gasteiger partial charge in [-0.05, 0) is 43.2 Å². The quantitative estimate of drug-likeness (QED) is 0.522. The smallest absolute Gasteiger partial charge is 0.345 e. The predicted octanol–water partition coefficient (Wildman–Crippen LogP) is 2.52. The van der Waals surface area contributed by atoms with Gasteiger partial charge in [0.2, 0.25) is 0 Å². The van der Waals surface area contributed by atoms with Gasteiger partial charge in [-0.15, -0.1) is 4.73 Å². The average Bonchev–Trinajstić information content (AvgIpc) is 2.81. The third-order valence-corrected chi connectivity index (χ3v) is 6.01. The zero-order valence-corrected chi connectivity index (χ0v) is 17.3. The Labute approximate surface area is 183 Å². The first-order chi connectivity index (χ1) is 15.4. The number of hydrogen-bond acceptors (Lipinski definition) is 6. The van der Waals surface area contributed by atoms with Crippen LogP contribution in [0, 0.1) is 5.92 Å². The second-order valence-electron chi connectivity index (χ2n) is 8.00. The van der Waals surface area contributed by atoms with E-state index in [1.54, 1.807) is 4.90 Å². The Bertz CT molecular complexity index is 1230. The van der Waals surface area contributed by atoms with Crippen molar-refractivity contribution in [2.45, 2.75) is 25.7 Å². The highest BCUT2D eigenvalue weighted by molar-refractivity contribution is 6.01. The van der Waals surface area contributed by atoms with Crippen molar-refractivity contribution in [1.29, 1.82) is 0 Å². The van der Waals surface area contributed by atoms with Crippen molar-refractivity contribution in [2.75, 3.05) is 13.1 Å². The van der Waals surface area contributed by atoms with Crippen molar-refractivity contribution in [2.24, 2.45) is 5.92 Å². The third kappa shape index (κ3) is 4.01. The van der Waals surface area contributed by atoms with Crippen molar-refractivity contribution < 1.29 is 25.0 Å². The van der Waals surface area contributed by atoms with Gasteiger partial charge in [0.05, 0.1) is 10.9 Å². The number of aromatic carboxylic acids is 1. The predicted molar refractivity (Wildman–Crippen MR) is 115 cm³/mol. The summed E-state index contributed by atoms with van der Waals surface area (Å²) in [5, 5.41) is 29.2. The van der Waals surface area contributed by atoms with Crippen LogP contribution in [0.25, 0.3) is 11.0 Å². The third-order valence-electron chi connectivity index (χ3n) is 6.01. The molecular weight excluding hydrogens is 414 g/mol. The molecule has 3 aromatic rings. The number of benzene rings is 1. The lowest BCUT2D eigenvalue weighted by Crippen LogP contribution is -2.38. The molecule has 166 valence electrons. The second kappa shape index (κ2) is 8.70. The lowest BCUT2D eigenvalue weighted by molar-refractivity contribution is 0.0678. The highest BCUT2D eigenvalue weighted by Crippen LogP contribution is 2.27. The van der Waals surface area contributed by atoms with Gasteiger partial charge in [0, 0.05) is 19.3 Å². The fraction of sp³-hybridized carbons (Fsp3) is 0.304. The summed E-state index contributed by atoms with van der Waals surface area (Å²) in [4.78, 5) is 41.8. The van der Waals surface area contributed by atoms with Crippen molar-refractivity contribution in [3.8, 4) is 5.75 Å². The van der Waals surface area contributed by atoms with Crippen LogP contribution in [0.3, 0.4) is 0 Å². The molecule has 0 saturated carbocycles. The van der Waals surface area contributed by atoms with E-state index in [2.05, 4.69) is 17.1 Å². The topological polar surface area (TPSA) is 133 Å². The SMILES string of the molecule is O=C(O)c1c(O)c2cc(C(=O)N3CCC(CCc4ccccc4)CC3)cnc2n(O)c1=O. The molecule has 3 N–H and O–H groups in total. The molecule has 1 aliphatic heterocycles. The number of carbonyl (C=O) groups excluding carboxylic acids is 1. The van der Waals surface area contributed by atoms with Crippen LogP contribution in [0.15, 0.2) is 47.4 Å². The molecule has 1 aromatic carbocycles. The molecule has 0 spiro atoms. The highest BCUT2D eigenvalue weighted by Gasteiger charge is 2.26. The standard InChI is InChI=1S/C23H23N3O6/c27-19-17-12-16(13-24-20(17)26(32)22(29)18(19)23(30)31)21(28)25-10-8-15(9-11-25)7-6-14-4-2-1-3-5-14/h1-5,12-13,15,27,32H,6-11H2,(H,30,31). The molecule has 9 heteroatoms.